The van der Waals surface area contributed by atoms with Crippen LogP contribution in [0.15, 0.2) is 0 Å². The summed E-state index contributed by atoms with van der Waals surface area (Å²) in [5.41, 5.74) is 1.82. The first-order chi connectivity index (χ1) is 4.74. The number of hydrogen-bond donors (Lipinski definition) is 0. The summed E-state index contributed by atoms with van der Waals surface area (Å²) in [6.45, 7) is 4.88. The molecular formula is C10H16. The van der Waals surface area contributed by atoms with Crippen LogP contribution in [0.4, 0.5) is 0 Å². The van der Waals surface area contributed by atoms with E-state index in [1.807, 2.05) is 0 Å². The lowest BCUT2D eigenvalue weighted by Crippen LogP contribution is -2.05. The predicted molar refractivity (Wildman–Crippen MR) is 41.7 cm³/mol. The Morgan fingerprint density at radius 2 is 2.30 bits per heavy atom. The lowest BCUT2D eigenvalue weighted by molar-refractivity contribution is 0.359. The van der Waals surface area contributed by atoms with Crippen molar-refractivity contribution in [2.45, 2.75) is 39.5 Å². The molecule has 0 heteroatoms. The topological polar surface area (TPSA) is 0 Å². The number of rotatable bonds is 1. The first-order valence-electron chi connectivity index (χ1n) is 4.74. The van der Waals surface area contributed by atoms with Crippen molar-refractivity contribution in [3.05, 3.63) is 0 Å². The van der Waals surface area contributed by atoms with E-state index in [0.29, 0.717) is 0 Å². The second-order valence-electron chi connectivity index (χ2n) is 4.94. The van der Waals surface area contributed by atoms with Crippen molar-refractivity contribution in [1.82, 2.24) is 0 Å². The third-order valence-electron chi connectivity index (χ3n) is 4.85. The second-order valence-corrected chi connectivity index (χ2v) is 4.94. The Morgan fingerprint density at radius 1 is 1.50 bits per heavy atom. The average molecular weight is 136 g/mol. The molecule has 10 heavy (non-hydrogen) atoms. The van der Waals surface area contributed by atoms with Crippen molar-refractivity contribution in [3.8, 4) is 0 Å². The molecular weight excluding hydrogens is 120 g/mol. The molecule has 3 aliphatic carbocycles. The molecule has 0 nitrogen and oxygen atoms in total. The van der Waals surface area contributed by atoms with Crippen molar-refractivity contribution < 1.29 is 0 Å². The van der Waals surface area contributed by atoms with E-state index in [-0.39, 0.29) is 0 Å². The van der Waals surface area contributed by atoms with Crippen LogP contribution in [0.3, 0.4) is 0 Å². The molecule has 0 aromatic carbocycles. The van der Waals surface area contributed by atoms with Gasteiger partial charge in [0, 0.05) is 0 Å². The fourth-order valence-corrected chi connectivity index (χ4v) is 4.13. The second kappa shape index (κ2) is 1.19. The zero-order valence-electron chi connectivity index (χ0n) is 6.98. The summed E-state index contributed by atoms with van der Waals surface area (Å²) in [6.07, 6.45) is 6.16. The summed E-state index contributed by atoms with van der Waals surface area (Å²) < 4.78 is 0. The van der Waals surface area contributed by atoms with Crippen LogP contribution < -0.4 is 0 Å². The molecule has 0 amide bonds. The first-order valence-corrected chi connectivity index (χ1v) is 4.74. The van der Waals surface area contributed by atoms with Crippen LogP contribution in [-0.4, -0.2) is 0 Å². The van der Waals surface area contributed by atoms with Crippen molar-refractivity contribution in [2.75, 3.05) is 0 Å². The Bertz CT molecular complexity index is 196. The summed E-state index contributed by atoms with van der Waals surface area (Å²) in [5, 5.41) is 0. The quantitative estimate of drug-likeness (QED) is 0.520. The summed E-state index contributed by atoms with van der Waals surface area (Å²) in [4.78, 5) is 0. The zero-order valence-corrected chi connectivity index (χ0v) is 6.98. The standard InChI is InChI=1S/C10H16/c1-3-7-4-5-10-6-9(10,2)8(7)10/h7-8H,3-6H2,1-2H3/t7?,8?,9-,10?/m1/s1. The van der Waals surface area contributed by atoms with E-state index in [1.54, 1.807) is 19.3 Å². The molecule has 0 aliphatic heterocycles. The van der Waals surface area contributed by atoms with Crippen LogP contribution in [0.25, 0.3) is 0 Å². The summed E-state index contributed by atoms with van der Waals surface area (Å²) in [6, 6.07) is 0. The van der Waals surface area contributed by atoms with Gasteiger partial charge in [0.25, 0.3) is 0 Å². The minimum Gasteiger partial charge on any atom is -0.0651 e. The molecule has 3 saturated carbocycles. The summed E-state index contributed by atoms with van der Waals surface area (Å²) >= 11 is 0. The van der Waals surface area contributed by atoms with Gasteiger partial charge in [-0.1, -0.05) is 20.3 Å². The van der Waals surface area contributed by atoms with Crippen LogP contribution in [0.5, 0.6) is 0 Å². The molecule has 0 bridgehead atoms. The van der Waals surface area contributed by atoms with Gasteiger partial charge in [-0.2, -0.15) is 0 Å². The van der Waals surface area contributed by atoms with Gasteiger partial charge in [0.05, 0.1) is 0 Å². The van der Waals surface area contributed by atoms with E-state index < -0.39 is 0 Å². The fourth-order valence-electron chi connectivity index (χ4n) is 4.13. The maximum atomic E-state index is 2.51. The smallest absolute Gasteiger partial charge is 0.0199 e. The molecule has 3 rings (SSSR count). The minimum absolute atomic E-state index is 0.881. The van der Waals surface area contributed by atoms with E-state index in [0.717, 1.165) is 16.7 Å². The van der Waals surface area contributed by atoms with Gasteiger partial charge in [0.2, 0.25) is 0 Å². The minimum atomic E-state index is 0.881. The molecule has 0 radical (unpaired) electrons. The highest BCUT2D eigenvalue weighted by Crippen LogP contribution is 2.96. The van der Waals surface area contributed by atoms with Crippen LogP contribution in [0.2, 0.25) is 0 Å². The maximum absolute atomic E-state index is 2.51. The molecule has 56 valence electrons. The average Bonchev–Trinajstić information content (AvgIpc) is 2.53. The van der Waals surface area contributed by atoms with Crippen LogP contribution in [0.1, 0.15) is 39.5 Å². The van der Waals surface area contributed by atoms with Crippen molar-refractivity contribution in [1.29, 1.82) is 0 Å². The Hall–Kier alpha value is 0. The van der Waals surface area contributed by atoms with E-state index in [9.17, 15) is 0 Å². The Kier molecular flexibility index (Phi) is 0.669. The highest BCUT2D eigenvalue weighted by atomic mass is 14.9. The predicted octanol–water partition coefficient (Wildman–Crippen LogP) is 2.83. The molecule has 0 aromatic rings. The third kappa shape index (κ3) is 0.320. The van der Waals surface area contributed by atoms with Crippen LogP contribution >= 0.6 is 0 Å². The third-order valence-corrected chi connectivity index (χ3v) is 4.85. The van der Waals surface area contributed by atoms with E-state index >= 15 is 0 Å². The highest BCUT2D eigenvalue weighted by Gasteiger charge is 2.90. The van der Waals surface area contributed by atoms with E-state index in [4.69, 9.17) is 0 Å². The Morgan fingerprint density at radius 3 is 2.60 bits per heavy atom. The molecule has 4 atom stereocenters. The lowest BCUT2D eigenvalue weighted by Gasteiger charge is -2.13. The molecule has 0 aromatic heterocycles. The van der Waals surface area contributed by atoms with Gasteiger partial charge in [0.1, 0.15) is 0 Å². The van der Waals surface area contributed by atoms with E-state index in [2.05, 4.69) is 13.8 Å². The van der Waals surface area contributed by atoms with Gasteiger partial charge >= 0.3 is 0 Å². The summed E-state index contributed by atoms with van der Waals surface area (Å²) in [5.74, 6) is 2.31. The first kappa shape index (κ1) is 5.62. The Balaban J connectivity index is 1.88. The lowest BCUT2D eigenvalue weighted by atomic mass is 9.92. The van der Waals surface area contributed by atoms with Crippen molar-refractivity contribution >= 4 is 0 Å². The molecule has 3 fully saturated rings. The fraction of sp³-hybridized carbons (Fsp3) is 1.00. The maximum Gasteiger partial charge on any atom is -0.0199 e. The molecule has 3 unspecified atom stereocenters. The molecule has 0 heterocycles. The van der Waals surface area contributed by atoms with Gasteiger partial charge < -0.3 is 0 Å². The number of hydrogen-bond acceptors (Lipinski definition) is 0. The number of fused-ring (bicyclic) bond motifs is 1. The Labute approximate surface area is 63.0 Å². The monoisotopic (exact) mass is 136 g/mol. The molecule has 3 aliphatic rings. The van der Waals surface area contributed by atoms with Gasteiger partial charge in [0.15, 0.2) is 0 Å². The van der Waals surface area contributed by atoms with Gasteiger partial charge in [-0.25, -0.2) is 0 Å². The summed E-state index contributed by atoms with van der Waals surface area (Å²) in [7, 11) is 0. The van der Waals surface area contributed by atoms with E-state index in [1.165, 1.54) is 12.3 Å². The highest BCUT2D eigenvalue weighted by molar-refractivity contribution is 5.37. The largest absolute Gasteiger partial charge is 0.0651 e. The van der Waals surface area contributed by atoms with Crippen molar-refractivity contribution in [3.63, 3.8) is 0 Å². The molecule has 0 saturated heterocycles. The zero-order chi connectivity index (χ0) is 6.98. The normalized spacial score (nSPS) is 69.0. The molecule has 1 spiro atoms. The van der Waals surface area contributed by atoms with Crippen molar-refractivity contribution in [2.24, 2.45) is 22.7 Å². The van der Waals surface area contributed by atoms with Crippen LogP contribution in [-0.2, 0) is 0 Å². The SMILES string of the molecule is CCC1CCC23C[C@]2(C)C13. The van der Waals surface area contributed by atoms with Crippen LogP contribution in [0, 0.1) is 22.7 Å². The van der Waals surface area contributed by atoms with Gasteiger partial charge in [-0.05, 0) is 41.9 Å². The van der Waals surface area contributed by atoms with Gasteiger partial charge in [-0.15, -0.1) is 0 Å². The van der Waals surface area contributed by atoms with Gasteiger partial charge in [-0.3, -0.25) is 0 Å². The molecule has 0 N–H and O–H groups in total.